The van der Waals surface area contributed by atoms with E-state index in [1.807, 2.05) is 66.7 Å². The van der Waals surface area contributed by atoms with Crippen molar-refractivity contribution >= 4 is 16.7 Å². The van der Waals surface area contributed by atoms with Gasteiger partial charge in [0.15, 0.2) is 6.10 Å². The van der Waals surface area contributed by atoms with E-state index in [0.29, 0.717) is 18.9 Å². The minimum Gasteiger partial charge on any atom is -0.492 e. The van der Waals surface area contributed by atoms with Crippen molar-refractivity contribution in [3.63, 3.8) is 0 Å². The number of carbonyl (C=O) groups is 1. The topological polar surface area (TPSA) is 47.6 Å². The molecule has 4 nitrogen and oxygen atoms in total. The largest absolute Gasteiger partial charge is 0.492 e. The lowest BCUT2D eigenvalue weighted by Crippen LogP contribution is -2.38. The van der Waals surface area contributed by atoms with Gasteiger partial charge in [0.2, 0.25) is 0 Å². The lowest BCUT2D eigenvalue weighted by atomic mass is 10.1. The van der Waals surface area contributed by atoms with Crippen LogP contribution in [0.15, 0.2) is 66.7 Å². The molecule has 140 valence electrons. The number of hydrogen-bond acceptors (Lipinski definition) is 3. The molecule has 0 saturated heterocycles. The van der Waals surface area contributed by atoms with Crippen molar-refractivity contribution in [2.45, 2.75) is 26.4 Å². The Morgan fingerprint density at radius 2 is 1.74 bits per heavy atom. The Kier molecular flexibility index (Phi) is 6.31. The van der Waals surface area contributed by atoms with Crippen LogP contribution in [0, 0.1) is 0 Å². The normalized spacial score (nSPS) is 11.8. The lowest BCUT2D eigenvalue weighted by Gasteiger charge is -2.16. The fraction of sp³-hybridized carbons (Fsp3) is 0.261. The molecule has 0 spiro atoms. The van der Waals surface area contributed by atoms with E-state index in [2.05, 4.69) is 12.2 Å². The molecule has 0 radical (unpaired) electrons. The number of benzene rings is 3. The summed E-state index contributed by atoms with van der Waals surface area (Å²) in [7, 11) is 0. The van der Waals surface area contributed by atoms with Gasteiger partial charge in [0.1, 0.15) is 18.1 Å². The number of hydrogen-bond donors (Lipinski definition) is 1. The molecule has 27 heavy (non-hydrogen) atoms. The summed E-state index contributed by atoms with van der Waals surface area (Å²) in [5.74, 6) is 1.36. The van der Waals surface area contributed by atoms with Crippen molar-refractivity contribution in [3.05, 3.63) is 72.3 Å². The van der Waals surface area contributed by atoms with Gasteiger partial charge in [-0.1, -0.05) is 55.5 Å². The fourth-order valence-electron chi connectivity index (χ4n) is 2.85. The van der Waals surface area contributed by atoms with Crippen molar-refractivity contribution < 1.29 is 14.3 Å². The molecule has 0 aliphatic carbocycles. The van der Waals surface area contributed by atoms with Crippen LogP contribution < -0.4 is 14.8 Å². The van der Waals surface area contributed by atoms with E-state index in [-0.39, 0.29) is 5.91 Å². The highest BCUT2D eigenvalue weighted by molar-refractivity contribution is 5.89. The Morgan fingerprint density at radius 1 is 1.00 bits per heavy atom. The molecule has 1 amide bonds. The molecule has 0 aliphatic rings. The van der Waals surface area contributed by atoms with Crippen molar-refractivity contribution in [1.29, 1.82) is 0 Å². The maximum atomic E-state index is 12.3. The van der Waals surface area contributed by atoms with Crippen LogP contribution in [-0.2, 0) is 11.2 Å². The Hall–Kier alpha value is -3.01. The van der Waals surface area contributed by atoms with Gasteiger partial charge in [-0.2, -0.15) is 0 Å². The Balaban J connectivity index is 1.47. The highest BCUT2D eigenvalue weighted by Gasteiger charge is 2.15. The molecule has 3 rings (SSSR count). The number of ether oxygens (including phenoxy) is 2. The third-order valence-electron chi connectivity index (χ3n) is 4.42. The molecule has 1 N–H and O–H groups in total. The number of aryl methyl sites for hydroxylation is 1. The monoisotopic (exact) mass is 363 g/mol. The molecule has 0 heterocycles. The summed E-state index contributed by atoms with van der Waals surface area (Å²) in [6.45, 7) is 4.71. The highest BCUT2D eigenvalue weighted by Crippen LogP contribution is 2.26. The molecule has 0 aliphatic heterocycles. The van der Waals surface area contributed by atoms with Crippen molar-refractivity contribution in [2.75, 3.05) is 13.2 Å². The zero-order valence-corrected chi connectivity index (χ0v) is 15.8. The van der Waals surface area contributed by atoms with Gasteiger partial charge < -0.3 is 14.8 Å². The maximum absolute atomic E-state index is 12.3. The van der Waals surface area contributed by atoms with Crippen molar-refractivity contribution in [2.24, 2.45) is 0 Å². The van der Waals surface area contributed by atoms with Crippen LogP contribution in [0.25, 0.3) is 10.8 Å². The standard InChI is InChI=1S/C23H25NO3/c1-3-18-11-13-20(14-12-18)26-16-15-24-23(25)17(2)27-22-10-6-8-19-7-4-5-9-21(19)22/h4-14,17H,3,15-16H2,1-2H3,(H,24,25). The van der Waals surface area contributed by atoms with Gasteiger partial charge in [-0.3, -0.25) is 4.79 Å². The number of fused-ring (bicyclic) bond motifs is 1. The van der Waals surface area contributed by atoms with Crippen molar-refractivity contribution in [1.82, 2.24) is 5.32 Å². The summed E-state index contributed by atoms with van der Waals surface area (Å²) in [5.41, 5.74) is 1.27. The quantitative estimate of drug-likeness (QED) is 0.605. The van der Waals surface area contributed by atoms with E-state index < -0.39 is 6.10 Å². The van der Waals surface area contributed by atoms with E-state index in [4.69, 9.17) is 9.47 Å². The average Bonchev–Trinajstić information content (AvgIpc) is 2.71. The van der Waals surface area contributed by atoms with Crippen LogP contribution in [0.2, 0.25) is 0 Å². The first-order chi connectivity index (χ1) is 13.2. The molecule has 0 fully saturated rings. The molecular formula is C23H25NO3. The minimum atomic E-state index is -0.584. The molecule has 1 atom stereocenters. The van der Waals surface area contributed by atoms with Gasteiger partial charge in [0, 0.05) is 5.39 Å². The second-order valence-corrected chi connectivity index (χ2v) is 6.37. The lowest BCUT2D eigenvalue weighted by molar-refractivity contribution is -0.127. The maximum Gasteiger partial charge on any atom is 0.260 e. The van der Waals surface area contributed by atoms with Crippen LogP contribution in [0.4, 0.5) is 0 Å². The minimum absolute atomic E-state index is 0.159. The Labute approximate surface area is 160 Å². The number of nitrogens with one attached hydrogen (secondary N) is 1. The zero-order chi connectivity index (χ0) is 19.1. The van der Waals surface area contributed by atoms with E-state index in [1.54, 1.807) is 6.92 Å². The van der Waals surface area contributed by atoms with E-state index in [1.165, 1.54) is 5.56 Å². The van der Waals surface area contributed by atoms with Crippen LogP contribution >= 0.6 is 0 Å². The number of rotatable bonds is 8. The average molecular weight is 363 g/mol. The Bertz CT molecular complexity index is 884. The van der Waals surface area contributed by atoms with Gasteiger partial charge in [0.05, 0.1) is 6.54 Å². The van der Waals surface area contributed by atoms with Gasteiger partial charge in [-0.25, -0.2) is 0 Å². The molecule has 3 aromatic carbocycles. The summed E-state index contributed by atoms with van der Waals surface area (Å²) in [5, 5.41) is 4.94. The van der Waals surface area contributed by atoms with Crippen molar-refractivity contribution in [3.8, 4) is 11.5 Å². The van der Waals surface area contributed by atoms with Crippen LogP contribution in [0.5, 0.6) is 11.5 Å². The third-order valence-corrected chi connectivity index (χ3v) is 4.42. The summed E-state index contributed by atoms with van der Waals surface area (Å²) in [6, 6.07) is 21.8. The summed E-state index contributed by atoms with van der Waals surface area (Å²) in [4.78, 5) is 12.3. The molecule has 0 aromatic heterocycles. The summed E-state index contributed by atoms with van der Waals surface area (Å²) < 4.78 is 11.5. The first kappa shape index (κ1) is 18.8. The first-order valence-corrected chi connectivity index (χ1v) is 9.31. The van der Waals surface area contributed by atoms with Gasteiger partial charge in [-0.15, -0.1) is 0 Å². The second kappa shape index (κ2) is 9.08. The Morgan fingerprint density at radius 3 is 2.52 bits per heavy atom. The highest BCUT2D eigenvalue weighted by atomic mass is 16.5. The van der Waals surface area contributed by atoms with Crippen LogP contribution in [0.3, 0.4) is 0 Å². The first-order valence-electron chi connectivity index (χ1n) is 9.31. The van der Waals surface area contributed by atoms with E-state index in [9.17, 15) is 4.79 Å². The smallest absolute Gasteiger partial charge is 0.260 e. The zero-order valence-electron chi connectivity index (χ0n) is 15.8. The number of amides is 1. The van der Waals surface area contributed by atoms with Gasteiger partial charge in [0.25, 0.3) is 5.91 Å². The van der Waals surface area contributed by atoms with Gasteiger partial charge in [-0.05, 0) is 42.5 Å². The fourth-order valence-corrected chi connectivity index (χ4v) is 2.85. The molecule has 0 saturated carbocycles. The van der Waals surface area contributed by atoms with Crippen LogP contribution in [-0.4, -0.2) is 25.2 Å². The molecule has 0 bridgehead atoms. The molecule has 3 aromatic rings. The SMILES string of the molecule is CCc1ccc(OCCNC(=O)C(C)Oc2cccc3ccccc23)cc1. The molecular weight excluding hydrogens is 338 g/mol. The summed E-state index contributed by atoms with van der Waals surface area (Å²) in [6.07, 6.45) is 0.421. The van der Waals surface area contributed by atoms with Crippen LogP contribution in [0.1, 0.15) is 19.4 Å². The summed E-state index contributed by atoms with van der Waals surface area (Å²) >= 11 is 0. The van der Waals surface area contributed by atoms with E-state index >= 15 is 0 Å². The molecule has 1 unspecified atom stereocenters. The third kappa shape index (κ3) is 5.00. The number of carbonyl (C=O) groups excluding carboxylic acids is 1. The second-order valence-electron chi connectivity index (χ2n) is 6.37. The van der Waals surface area contributed by atoms with Gasteiger partial charge >= 0.3 is 0 Å². The molecule has 4 heteroatoms. The van der Waals surface area contributed by atoms with E-state index in [0.717, 1.165) is 22.9 Å². The predicted molar refractivity (Wildman–Crippen MR) is 108 cm³/mol. The predicted octanol–water partition coefficient (Wildman–Crippen LogP) is 4.36.